The summed E-state index contributed by atoms with van der Waals surface area (Å²) in [5, 5.41) is 35.3. The van der Waals surface area contributed by atoms with Gasteiger partial charge in [0.25, 0.3) is 0 Å². The molecule has 4 N–H and O–H groups in total. The van der Waals surface area contributed by atoms with Crippen LogP contribution in [0.2, 0.25) is 0 Å². The van der Waals surface area contributed by atoms with Gasteiger partial charge in [-0.25, -0.2) is 0 Å². The molecule has 0 spiro atoms. The van der Waals surface area contributed by atoms with E-state index in [4.69, 9.17) is 20.4 Å². The summed E-state index contributed by atoms with van der Waals surface area (Å²) in [6.45, 7) is -0.630. The first-order valence-corrected chi connectivity index (χ1v) is 4.20. The van der Waals surface area contributed by atoms with Crippen LogP contribution in [0.4, 0.5) is 0 Å². The molecular weight excluding hydrogens is 232 g/mol. The first-order chi connectivity index (χ1) is 5.54. The molecular formula is C6H11BrO5. The monoisotopic (exact) mass is 242 g/mol. The number of carbonyl (C=O) groups is 1. The molecule has 0 rings (SSSR count). The van der Waals surface area contributed by atoms with Gasteiger partial charge in [-0.2, -0.15) is 0 Å². The van der Waals surface area contributed by atoms with E-state index < -0.39 is 29.7 Å². The van der Waals surface area contributed by atoms with E-state index in [9.17, 15) is 4.79 Å². The highest BCUT2D eigenvalue weighted by atomic mass is 79.9. The number of rotatable bonds is 5. The second kappa shape index (κ2) is 5.60. The van der Waals surface area contributed by atoms with Crippen LogP contribution in [-0.4, -0.2) is 56.5 Å². The fourth-order valence-corrected chi connectivity index (χ4v) is 1.07. The van der Waals surface area contributed by atoms with Gasteiger partial charge in [0, 0.05) is 0 Å². The third kappa shape index (κ3) is 3.16. The average molecular weight is 243 g/mol. The summed E-state index contributed by atoms with van der Waals surface area (Å²) in [4.78, 5) is 9.05. The average Bonchev–Trinajstić information content (AvgIpc) is 2.12. The zero-order chi connectivity index (χ0) is 9.72. The molecule has 0 fully saturated rings. The van der Waals surface area contributed by atoms with Crippen molar-refractivity contribution in [3.05, 3.63) is 0 Å². The van der Waals surface area contributed by atoms with E-state index in [1.165, 1.54) is 0 Å². The predicted octanol–water partition coefficient (Wildman–Crippen LogP) is -1.98. The molecule has 5 nitrogen and oxygen atoms in total. The van der Waals surface area contributed by atoms with Crippen molar-refractivity contribution in [1.29, 1.82) is 0 Å². The summed E-state index contributed by atoms with van der Waals surface area (Å²) >= 11 is 2.81. The Kier molecular flexibility index (Phi) is 5.60. The molecule has 6 heteroatoms. The molecule has 0 aromatic rings. The highest BCUT2D eigenvalue weighted by Gasteiger charge is 2.29. The van der Waals surface area contributed by atoms with Crippen molar-refractivity contribution in [2.45, 2.75) is 23.1 Å². The van der Waals surface area contributed by atoms with Crippen LogP contribution in [-0.2, 0) is 4.79 Å². The lowest BCUT2D eigenvalue weighted by Gasteiger charge is -2.22. The van der Waals surface area contributed by atoms with Gasteiger partial charge < -0.3 is 25.2 Å². The Balaban J connectivity index is 4.07. The Morgan fingerprint density at radius 2 is 1.83 bits per heavy atom. The largest absolute Gasteiger partial charge is 0.394 e. The highest BCUT2D eigenvalue weighted by molar-refractivity contribution is 9.09. The summed E-state index contributed by atoms with van der Waals surface area (Å²) in [7, 11) is 0. The number of hydrogen-bond acceptors (Lipinski definition) is 5. The third-order valence-electron chi connectivity index (χ3n) is 1.37. The SMILES string of the molecule is O=C[C@@H](O)[C@H](Br)[C@H](O)[C@H](O)CO. The summed E-state index contributed by atoms with van der Waals surface area (Å²) in [5.74, 6) is 0. The maximum absolute atomic E-state index is 10.0. The van der Waals surface area contributed by atoms with Gasteiger partial charge in [0.15, 0.2) is 0 Å². The minimum atomic E-state index is -1.40. The highest BCUT2D eigenvalue weighted by Crippen LogP contribution is 2.12. The molecule has 0 aromatic carbocycles. The lowest BCUT2D eigenvalue weighted by molar-refractivity contribution is -0.117. The topological polar surface area (TPSA) is 98.0 Å². The van der Waals surface area contributed by atoms with Gasteiger partial charge in [-0.1, -0.05) is 15.9 Å². The molecule has 0 radical (unpaired) electrons. The second-order valence-corrected chi connectivity index (χ2v) is 3.37. The third-order valence-corrected chi connectivity index (χ3v) is 2.46. The summed E-state index contributed by atoms with van der Waals surface area (Å²) in [6, 6.07) is 0. The molecule has 0 saturated heterocycles. The molecule has 12 heavy (non-hydrogen) atoms. The van der Waals surface area contributed by atoms with Crippen molar-refractivity contribution in [3.8, 4) is 0 Å². The van der Waals surface area contributed by atoms with Crippen LogP contribution in [0.15, 0.2) is 0 Å². The number of aldehydes is 1. The van der Waals surface area contributed by atoms with Crippen molar-refractivity contribution < 1.29 is 25.2 Å². The summed E-state index contributed by atoms with van der Waals surface area (Å²) in [5.41, 5.74) is 0. The standard InChI is InChI=1S/C6H11BrO5/c7-5(3(10)1-8)6(12)4(11)2-9/h1,3-6,9-12H,2H2/t3-,4-,5+,6-/m1/s1. The number of carbonyl (C=O) groups excluding carboxylic acids is 1. The maximum Gasteiger partial charge on any atom is 0.149 e. The van der Waals surface area contributed by atoms with Gasteiger partial charge in [-0.3, -0.25) is 0 Å². The summed E-state index contributed by atoms with van der Waals surface area (Å²) in [6.07, 6.45) is -3.92. The molecule has 0 aliphatic rings. The van der Waals surface area contributed by atoms with Crippen molar-refractivity contribution in [3.63, 3.8) is 0 Å². The van der Waals surface area contributed by atoms with Crippen molar-refractivity contribution >= 4 is 22.2 Å². The molecule has 0 unspecified atom stereocenters. The van der Waals surface area contributed by atoms with Crippen LogP contribution < -0.4 is 0 Å². The van der Waals surface area contributed by atoms with E-state index in [0.29, 0.717) is 0 Å². The first kappa shape index (κ1) is 12.0. The van der Waals surface area contributed by atoms with Gasteiger partial charge in [0.05, 0.1) is 17.5 Å². The van der Waals surface area contributed by atoms with Crippen LogP contribution in [0.25, 0.3) is 0 Å². The zero-order valence-corrected chi connectivity index (χ0v) is 7.75. The Labute approximate surface area is 77.8 Å². The molecule has 0 bridgehead atoms. The molecule has 0 saturated carbocycles. The molecule has 0 aliphatic heterocycles. The molecule has 72 valence electrons. The number of aliphatic hydroxyl groups is 4. The molecule has 0 aliphatic carbocycles. The van der Waals surface area contributed by atoms with Crippen LogP contribution in [0.3, 0.4) is 0 Å². The Morgan fingerprint density at radius 1 is 1.33 bits per heavy atom. The minimum Gasteiger partial charge on any atom is -0.394 e. The number of alkyl halides is 1. The molecule has 0 aromatic heterocycles. The van der Waals surface area contributed by atoms with Crippen molar-refractivity contribution in [2.24, 2.45) is 0 Å². The Morgan fingerprint density at radius 3 is 2.17 bits per heavy atom. The zero-order valence-electron chi connectivity index (χ0n) is 6.17. The minimum absolute atomic E-state index is 0.229. The van der Waals surface area contributed by atoms with E-state index in [1.807, 2.05) is 0 Å². The normalized spacial score (nSPS) is 21.1. The lowest BCUT2D eigenvalue weighted by Crippen LogP contribution is -2.42. The number of halogens is 1. The van der Waals surface area contributed by atoms with Crippen molar-refractivity contribution in [1.82, 2.24) is 0 Å². The second-order valence-electron chi connectivity index (χ2n) is 2.31. The smallest absolute Gasteiger partial charge is 0.149 e. The fraction of sp³-hybridized carbons (Fsp3) is 0.833. The van der Waals surface area contributed by atoms with E-state index in [0.717, 1.165) is 0 Å². The van der Waals surface area contributed by atoms with Gasteiger partial charge in [-0.05, 0) is 0 Å². The van der Waals surface area contributed by atoms with E-state index in [1.54, 1.807) is 0 Å². The lowest BCUT2D eigenvalue weighted by atomic mass is 10.1. The predicted molar refractivity (Wildman–Crippen MR) is 43.9 cm³/mol. The van der Waals surface area contributed by atoms with Gasteiger partial charge >= 0.3 is 0 Å². The van der Waals surface area contributed by atoms with E-state index >= 15 is 0 Å². The van der Waals surface area contributed by atoms with E-state index in [2.05, 4.69) is 15.9 Å². The summed E-state index contributed by atoms with van der Waals surface area (Å²) < 4.78 is 0. The number of aliphatic hydroxyl groups excluding tert-OH is 4. The van der Waals surface area contributed by atoms with Crippen LogP contribution in [0.1, 0.15) is 0 Å². The Hall–Kier alpha value is -0.0100. The van der Waals surface area contributed by atoms with Crippen LogP contribution in [0.5, 0.6) is 0 Å². The number of hydrogen-bond donors (Lipinski definition) is 4. The maximum atomic E-state index is 10.0. The van der Waals surface area contributed by atoms with Gasteiger partial charge in [0.1, 0.15) is 18.5 Å². The fourth-order valence-electron chi connectivity index (χ4n) is 0.597. The van der Waals surface area contributed by atoms with Gasteiger partial charge in [0.2, 0.25) is 0 Å². The molecule has 4 atom stereocenters. The van der Waals surface area contributed by atoms with Crippen LogP contribution >= 0.6 is 15.9 Å². The van der Waals surface area contributed by atoms with Crippen LogP contribution in [0, 0.1) is 0 Å². The quantitative estimate of drug-likeness (QED) is 0.331. The van der Waals surface area contributed by atoms with Gasteiger partial charge in [-0.15, -0.1) is 0 Å². The van der Waals surface area contributed by atoms with Crippen molar-refractivity contribution in [2.75, 3.05) is 6.61 Å². The molecule has 0 amide bonds. The molecule has 0 heterocycles. The first-order valence-electron chi connectivity index (χ1n) is 3.29. The Bertz CT molecular complexity index is 142. The van der Waals surface area contributed by atoms with E-state index in [-0.39, 0.29) is 6.29 Å².